The summed E-state index contributed by atoms with van der Waals surface area (Å²) in [5.74, 6) is -0.295. The van der Waals surface area contributed by atoms with Gasteiger partial charge >= 0.3 is 12.2 Å². The maximum atomic E-state index is 12.9. The van der Waals surface area contributed by atoms with Gasteiger partial charge in [0.15, 0.2) is 0 Å². The van der Waals surface area contributed by atoms with Gasteiger partial charge in [0.1, 0.15) is 17.2 Å². The molecule has 0 unspecified atom stereocenters. The number of H-pyrrole nitrogens is 1. The maximum Gasteiger partial charge on any atom is 0.408 e. The molecule has 4 N–H and O–H groups in total. The van der Waals surface area contributed by atoms with Crippen molar-refractivity contribution in [2.24, 2.45) is 0 Å². The van der Waals surface area contributed by atoms with Crippen molar-refractivity contribution in [3.63, 3.8) is 0 Å². The third-order valence-corrected chi connectivity index (χ3v) is 4.68. The van der Waals surface area contributed by atoms with Gasteiger partial charge in [0.25, 0.3) is 0 Å². The molecule has 3 amide bonds. The lowest BCUT2D eigenvalue weighted by atomic mass is 10.0. The monoisotopic (exact) mass is 474 g/mol. The second kappa shape index (κ2) is 11.8. The lowest BCUT2D eigenvalue weighted by Gasteiger charge is -2.23. The van der Waals surface area contributed by atoms with Crippen LogP contribution in [-0.4, -0.2) is 53.4 Å². The Balaban J connectivity index is 1.90. The summed E-state index contributed by atoms with van der Waals surface area (Å²) >= 11 is 0. The molecule has 0 fully saturated rings. The molecule has 1 aromatic heterocycles. The third kappa shape index (κ3) is 9.72. The summed E-state index contributed by atoms with van der Waals surface area (Å²) < 4.78 is 10.5. The minimum Gasteiger partial charge on any atom is -0.444 e. The van der Waals surface area contributed by atoms with Crippen LogP contribution in [0.3, 0.4) is 0 Å². The number of para-hydroxylation sites is 1. The molecule has 2 rings (SSSR count). The largest absolute Gasteiger partial charge is 0.444 e. The summed E-state index contributed by atoms with van der Waals surface area (Å²) in [5, 5.41) is 9.27. The molecule has 0 aliphatic rings. The average molecular weight is 475 g/mol. The topological polar surface area (TPSA) is 122 Å². The van der Waals surface area contributed by atoms with E-state index in [9.17, 15) is 14.4 Å². The standard InChI is InChI=1S/C25H38N4O5/c1-24(2,3)33-22(31)27-14-10-9-13-26-21(30)20(29-23(32)34-25(4,5)6)15-17-16-28-19-12-8-7-11-18(17)19/h7-8,11-12,16,20,28H,9-10,13-15H2,1-6H3,(H,26,30)(H,27,31)(H,29,32)/t20-/m1/s1. The molecular weight excluding hydrogens is 436 g/mol. The Morgan fingerprint density at radius 1 is 0.882 bits per heavy atom. The Bertz CT molecular complexity index is 972. The van der Waals surface area contributed by atoms with E-state index in [1.807, 2.05) is 30.5 Å². The van der Waals surface area contributed by atoms with E-state index in [-0.39, 0.29) is 5.91 Å². The number of alkyl carbamates (subject to hydrolysis) is 2. The van der Waals surface area contributed by atoms with Crippen molar-refractivity contribution in [3.05, 3.63) is 36.0 Å². The van der Waals surface area contributed by atoms with E-state index in [0.717, 1.165) is 16.5 Å². The van der Waals surface area contributed by atoms with Gasteiger partial charge in [0.2, 0.25) is 5.91 Å². The number of benzene rings is 1. The number of carbonyl (C=O) groups excluding carboxylic acids is 3. The van der Waals surface area contributed by atoms with Gasteiger partial charge in [-0.15, -0.1) is 0 Å². The summed E-state index contributed by atoms with van der Waals surface area (Å²) in [7, 11) is 0. The minimum absolute atomic E-state index is 0.295. The Labute approximate surface area is 201 Å². The van der Waals surface area contributed by atoms with Crippen LogP contribution in [-0.2, 0) is 20.7 Å². The van der Waals surface area contributed by atoms with Crippen molar-refractivity contribution >= 4 is 29.0 Å². The highest BCUT2D eigenvalue weighted by Gasteiger charge is 2.25. The fourth-order valence-electron chi connectivity index (χ4n) is 3.27. The number of rotatable bonds is 9. The highest BCUT2D eigenvalue weighted by molar-refractivity contribution is 5.88. The first-order chi connectivity index (χ1) is 15.8. The van der Waals surface area contributed by atoms with Crippen LogP contribution >= 0.6 is 0 Å². The number of unbranched alkanes of at least 4 members (excludes halogenated alkanes) is 1. The van der Waals surface area contributed by atoms with Crippen LogP contribution in [0.1, 0.15) is 59.9 Å². The van der Waals surface area contributed by atoms with Gasteiger partial charge in [-0.1, -0.05) is 18.2 Å². The van der Waals surface area contributed by atoms with Crippen molar-refractivity contribution in [3.8, 4) is 0 Å². The first-order valence-electron chi connectivity index (χ1n) is 11.6. The van der Waals surface area contributed by atoms with Crippen molar-refractivity contribution in [1.29, 1.82) is 0 Å². The molecule has 34 heavy (non-hydrogen) atoms. The highest BCUT2D eigenvalue weighted by Crippen LogP contribution is 2.19. The van der Waals surface area contributed by atoms with Crippen LogP contribution in [0.4, 0.5) is 9.59 Å². The second-order valence-corrected chi connectivity index (χ2v) is 10.2. The Morgan fingerprint density at radius 3 is 2.12 bits per heavy atom. The van der Waals surface area contributed by atoms with Crippen LogP contribution in [0, 0.1) is 0 Å². The molecule has 188 valence electrons. The Hall–Kier alpha value is -3.23. The summed E-state index contributed by atoms with van der Waals surface area (Å²) in [5.41, 5.74) is 0.672. The van der Waals surface area contributed by atoms with E-state index in [4.69, 9.17) is 9.47 Å². The van der Waals surface area contributed by atoms with Crippen molar-refractivity contribution < 1.29 is 23.9 Å². The number of ether oxygens (including phenoxy) is 2. The molecule has 9 heteroatoms. The summed E-state index contributed by atoms with van der Waals surface area (Å²) in [4.78, 5) is 40.2. The lowest BCUT2D eigenvalue weighted by molar-refractivity contribution is -0.123. The number of hydrogen-bond donors (Lipinski definition) is 4. The van der Waals surface area contributed by atoms with Crippen molar-refractivity contribution in [2.75, 3.05) is 13.1 Å². The van der Waals surface area contributed by atoms with Gasteiger partial charge in [-0.25, -0.2) is 9.59 Å². The molecule has 0 aliphatic heterocycles. The van der Waals surface area contributed by atoms with E-state index in [2.05, 4.69) is 20.9 Å². The van der Waals surface area contributed by atoms with Gasteiger partial charge < -0.3 is 30.4 Å². The van der Waals surface area contributed by atoms with Gasteiger partial charge in [0.05, 0.1) is 0 Å². The number of amides is 3. The quantitative estimate of drug-likeness (QED) is 0.409. The number of carbonyl (C=O) groups is 3. The number of aromatic amines is 1. The van der Waals surface area contributed by atoms with Crippen molar-refractivity contribution in [2.45, 2.75) is 78.0 Å². The molecule has 0 bridgehead atoms. The molecule has 0 radical (unpaired) electrons. The van der Waals surface area contributed by atoms with Crippen LogP contribution in [0.25, 0.3) is 10.9 Å². The predicted molar refractivity (Wildman–Crippen MR) is 132 cm³/mol. The van der Waals surface area contributed by atoms with Gasteiger partial charge in [-0.2, -0.15) is 0 Å². The zero-order chi connectivity index (χ0) is 25.4. The van der Waals surface area contributed by atoms with E-state index in [1.54, 1.807) is 41.5 Å². The predicted octanol–water partition coefficient (Wildman–Crippen LogP) is 4.02. The smallest absolute Gasteiger partial charge is 0.408 e. The Kier molecular flexibility index (Phi) is 9.35. The lowest BCUT2D eigenvalue weighted by Crippen LogP contribution is -2.49. The van der Waals surface area contributed by atoms with E-state index >= 15 is 0 Å². The normalized spacial score (nSPS) is 12.6. The molecule has 0 aliphatic carbocycles. The number of fused-ring (bicyclic) bond motifs is 1. The van der Waals surface area contributed by atoms with Crippen molar-refractivity contribution in [1.82, 2.24) is 20.9 Å². The molecule has 1 heterocycles. The molecule has 1 atom stereocenters. The van der Waals surface area contributed by atoms with Gasteiger partial charge in [-0.05, 0) is 66.0 Å². The van der Waals surface area contributed by atoms with E-state index < -0.39 is 29.4 Å². The first kappa shape index (κ1) is 27.0. The highest BCUT2D eigenvalue weighted by atomic mass is 16.6. The van der Waals surface area contributed by atoms with Crippen LogP contribution in [0.15, 0.2) is 30.5 Å². The number of hydrogen-bond acceptors (Lipinski definition) is 5. The van der Waals surface area contributed by atoms with E-state index in [0.29, 0.717) is 32.4 Å². The van der Waals surface area contributed by atoms with Gasteiger partial charge in [0, 0.05) is 36.6 Å². The number of aromatic nitrogens is 1. The molecule has 9 nitrogen and oxygen atoms in total. The average Bonchev–Trinajstić information content (AvgIpc) is 3.10. The van der Waals surface area contributed by atoms with E-state index in [1.165, 1.54) is 0 Å². The Morgan fingerprint density at radius 2 is 1.47 bits per heavy atom. The van der Waals surface area contributed by atoms with Crippen LogP contribution in [0.2, 0.25) is 0 Å². The van der Waals surface area contributed by atoms with Gasteiger partial charge in [-0.3, -0.25) is 4.79 Å². The summed E-state index contributed by atoms with van der Waals surface area (Å²) in [6.07, 6.45) is 2.39. The molecule has 0 saturated heterocycles. The van der Waals surface area contributed by atoms with Crippen LogP contribution in [0.5, 0.6) is 0 Å². The molecule has 0 saturated carbocycles. The maximum absolute atomic E-state index is 12.9. The first-order valence-corrected chi connectivity index (χ1v) is 11.6. The molecular formula is C25H38N4O5. The minimum atomic E-state index is -0.797. The fraction of sp³-hybridized carbons (Fsp3) is 0.560. The fourth-order valence-corrected chi connectivity index (χ4v) is 3.27. The molecule has 1 aromatic carbocycles. The zero-order valence-corrected chi connectivity index (χ0v) is 21.0. The number of nitrogens with one attached hydrogen (secondary N) is 4. The third-order valence-electron chi connectivity index (χ3n) is 4.68. The molecule has 2 aromatic rings. The summed E-state index contributed by atoms with van der Waals surface area (Å²) in [6.45, 7) is 11.6. The second-order valence-electron chi connectivity index (χ2n) is 10.2. The zero-order valence-electron chi connectivity index (χ0n) is 21.0. The SMILES string of the molecule is CC(C)(C)OC(=O)NCCCCNC(=O)[C@@H](Cc1c[nH]c2ccccc12)NC(=O)OC(C)(C)C. The molecule has 0 spiro atoms. The van der Waals surface area contributed by atoms with Crippen LogP contribution < -0.4 is 16.0 Å². The summed E-state index contributed by atoms with van der Waals surface area (Å²) in [6, 6.07) is 7.00.